The van der Waals surface area contributed by atoms with E-state index in [-0.39, 0.29) is 0 Å². The van der Waals surface area contributed by atoms with Gasteiger partial charge in [0.2, 0.25) is 0 Å². The summed E-state index contributed by atoms with van der Waals surface area (Å²) in [6, 6.07) is 0.628. The Hall–Kier alpha value is -0.750. The summed E-state index contributed by atoms with van der Waals surface area (Å²) in [4.78, 5) is 5.80. The molecule has 62 valence electrons. The van der Waals surface area contributed by atoms with Crippen molar-refractivity contribution in [2.75, 3.05) is 26.2 Å². The molecule has 1 fully saturated rings. The highest BCUT2D eigenvalue weighted by Gasteiger charge is 2.19. The minimum absolute atomic E-state index is 0.628. The van der Waals surface area contributed by atoms with Gasteiger partial charge in [-0.1, -0.05) is 0 Å². The van der Waals surface area contributed by atoms with Crippen molar-refractivity contribution in [2.45, 2.75) is 19.9 Å². The fourth-order valence-corrected chi connectivity index (χ4v) is 1.33. The molecule has 3 nitrogen and oxygen atoms in total. The van der Waals surface area contributed by atoms with E-state index in [1.807, 2.05) is 0 Å². The Morgan fingerprint density at radius 1 is 1.18 bits per heavy atom. The van der Waals surface area contributed by atoms with Gasteiger partial charge >= 0.3 is 0 Å². The summed E-state index contributed by atoms with van der Waals surface area (Å²) in [5.41, 5.74) is 0. The first-order valence-electron chi connectivity index (χ1n) is 4.10. The van der Waals surface area contributed by atoms with Crippen LogP contribution in [0.25, 0.3) is 4.95 Å². The van der Waals surface area contributed by atoms with E-state index in [2.05, 4.69) is 23.7 Å². The van der Waals surface area contributed by atoms with Crippen molar-refractivity contribution in [2.24, 2.45) is 0 Å². The van der Waals surface area contributed by atoms with Gasteiger partial charge in [-0.05, 0) is 13.8 Å². The third-order valence-corrected chi connectivity index (χ3v) is 2.16. The summed E-state index contributed by atoms with van der Waals surface area (Å²) >= 11 is 0. The predicted octanol–water partition coefficient (Wildman–Crippen LogP) is 0.847. The SMILES string of the molecule is [C-]#[N+]N1CCN(C(C)C)CC1. The third kappa shape index (κ3) is 2.09. The summed E-state index contributed by atoms with van der Waals surface area (Å²) in [7, 11) is 0. The van der Waals surface area contributed by atoms with Gasteiger partial charge in [0.05, 0.1) is 13.1 Å². The largest absolute Gasteiger partial charge is 0.297 e. The van der Waals surface area contributed by atoms with Gasteiger partial charge in [0, 0.05) is 19.1 Å². The molecular weight excluding hydrogens is 138 g/mol. The van der Waals surface area contributed by atoms with Gasteiger partial charge in [-0.25, -0.2) is 0 Å². The summed E-state index contributed by atoms with van der Waals surface area (Å²) in [6.07, 6.45) is 0. The van der Waals surface area contributed by atoms with E-state index in [4.69, 9.17) is 6.57 Å². The molecule has 1 saturated heterocycles. The standard InChI is InChI=1S/C8H15N3/c1-8(2)10-4-6-11(9-3)7-5-10/h8H,4-7H2,1-2H3. The predicted molar refractivity (Wildman–Crippen MR) is 44.9 cm³/mol. The molecule has 1 heterocycles. The quantitative estimate of drug-likeness (QED) is 0.517. The molecule has 0 aromatic rings. The van der Waals surface area contributed by atoms with E-state index in [1.165, 1.54) is 0 Å². The highest BCUT2D eigenvalue weighted by atomic mass is 15.5. The van der Waals surface area contributed by atoms with Crippen molar-refractivity contribution < 1.29 is 0 Å². The summed E-state index contributed by atoms with van der Waals surface area (Å²) in [5, 5.41) is 1.80. The van der Waals surface area contributed by atoms with E-state index >= 15 is 0 Å². The zero-order valence-electron chi connectivity index (χ0n) is 7.25. The molecule has 1 aliphatic rings. The number of piperazine rings is 1. The Balaban J connectivity index is 2.31. The highest BCUT2D eigenvalue weighted by molar-refractivity contribution is 4.75. The van der Waals surface area contributed by atoms with E-state index in [0.29, 0.717) is 6.04 Å². The van der Waals surface area contributed by atoms with Crippen molar-refractivity contribution >= 4 is 0 Å². The molecule has 0 N–H and O–H groups in total. The topological polar surface area (TPSA) is 10.8 Å². The first-order valence-corrected chi connectivity index (χ1v) is 4.10. The van der Waals surface area contributed by atoms with Crippen molar-refractivity contribution in [3.05, 3.63) is 11.5 Å². The average Bonchev–Trinajstić information content (AvgIpc) is 2.05. The maximum absolute atomic E-state index is 6.80. The van der Waals surface area contributed by atoms with Crippen molar-refractivity contribution in [1.82, 2.24) is 9.91 Å². The van der Waals surface area contributed by atoms with Gasteiger partial charge in [-0.3, -0.25) is 4.90 Å². The molecule has 0 aromatic heterocycles. The molecule has 0 bridgehead atoms. The molecule has 0 aliphatic carbocycles. The summed E-state index contributed by atoms with van der Waals surface area (Å²) < 4.78 is 0. The maximum atomic E-state index is 6.80. The fraction of sp³-hybridized carbons (Fsp3) is 0.875. The maximum Gasteiger partial charge on any atom is 0.0987 e. The van der Waals surface area contributed by atoms with Crippen molar-refractivity contribution in [3.63, 3.8) is 0 Å². The lowest BCUT2D eigenvalue weighted by molar-refractivity contribution is 0.136. The van der Waals surface area contributed by atoms with Crippen LogP contribution in [-0.4, -0.2) is 42.1 Å². The van der Waals surface area contributed by atoms with E-state index in [9.17, 15) is 0 Å². The first kappa shape index (κ1) is 8.35. The van der Waals surface area contributed by atoms with Gasteiger partial charge < -0.3 is 0 Å². The Morgan fingerprint density at radius 3 is 2.09 bits per heavy atom. The minimum Gasteiger partial charge on any atom is -0.297 e. The van der Waals surface area contributed by atoms with E-state index in [0.717, 1.165) is 26.2 Å². The number of nitrogens with zero attached hydrogens (tertiary/aromatic N) is 3. The van der Waals surface area contributed by atoms with Gasteiger partial charge in [-0.15, -0.1) is 5.01 Å². The smallest absolute Gasteiger partial charge is 0.0987 e. The van der Waals surface area contributed by atoms with Crippen molar-refractivity contribution in [3.8, 4) is 0 Å². The molecule has 0 atom stereocenters. The molecule has 0 unspecified atom stereocenters. The van der Waals surface area contributed by atoms with Crippen LogP contribution in [0.2, 0.25) is 0 Å². The van der Waals surface area contributed by atoms with Crippen LogP contribution < -0.4 is 0 Å². The molecule has 0 radical (unpaired) electrons. The monoisotopic (exact) mass is 153 g/mol. The van der Waals surface area contributed by atoms with Gasteiger partial charge in [0.25, 0.3) is 0 Å². The van der Waals surface area contributed by atoms with Crippen LogP contribution in [0.1, 0.15) is 13.8 Å². The van der Waals surface area contributed by atoms with Crippen LogP contribution in [0.15, 0.2) is 0 Å². The van der Waals surface area contributed by atoms with Gasteiger partial charge in [0.1, 0.15) is 0 Å². The second kappa shape index (κ2) is 3.59. The van der Waals surface area contributed by atoms with Crippen LogP contribution in [0.3, 0.4) is 0 Å². The summed E-state index contributed by atoms with van der Waals surface area (Å²) in [6.45, 7) is 15.1. The lowest BCUT2D eigenvalue weighted by atomic mass is 10.2. The lowest BCUT2D eigenvalue weighted by Crippen LogP contribution is -2.46. The summed E-state index contributed by atoms with van der Waals surface area (Å²) in [5.74, 6) is 0. The lowest BCUT2D eigenvalue weighted by Gasteiger charge is -2.31. The molecule has 11 heavy (non-hydrogen) atoms. The number of hydrogen-bond donors (Lipinski definition) is 0. The molecule has 0 spiro atoms. The van der Waals surface area contributed by atoms with E-state index in [1.54, 1.807) is 5.01 Å². The molecule has 0 aromatic carbocycles. The highest BCUT2D eigenvalue weighted by Crippen LogP contribution is 2.05. The molecule has 0 saturated carbocycles. The molecule has 1 rings (SSSR count). The minimum atomic E-state index is 0.628. The van der Waals surface area contributed by atoms with Gasteiger partial charge in [-0.2, -0.15) is 11.5 Å². The van der Waals surface area contributed by atoms with Crippen LogP contribution in [-0.2, 0) is 0 Å². The van der Waals surface area contributed by atoms with Crippen LogP contribution in [0.5, 0.6) is 0 Å². The van der Waals surface area contributed by atoms with Crippen molar-refractivity contribution in [1.29, 1.82) is 0 Å². The van der Waals surface area contributed by atoms with E-state index < -0.39 is 0 Å². The Kier molecular flexibility index (Phi) is 2.72. The molecule has 3 heteroatoms. The Labute approximate surface area is 68.4 Å². The normalized spacial score (nSPS) is 20.4. The molecular formula is C8H15N3. The van der Waals surface area contributed by atoms with Crippen LogP contribution in [0.4, 0.5) is 0 Å². The molecule has 1 aliphatic heterocycles. The van der Waals surface area contributed by atoms with Crippen LogP contribution >= 0.6 is 0 Å². The van der Waals surface area contributed by atoms with Gasteiger partial charge in [0.15, 0.2) is 0 Å². The number of rotatable bonds is 1. The Bertz CT molecular complexity index is 151. The molecule has 0 amide bonds. The second-order valence-corrected chi connectivity index (χ2v) is 3.18. The Morgan fingerprint density at radius 2 is 1.73 bits per heavy atom. The zero-order chi connectivity index (χ0) is 8.27. The van der Waals surface area contributed by atoms with Crippen LogP contribution in [0, 0.1) is 6.57 Å². The first-order chi connectivity index (χ1) is 5.24. The number of hydrogen-bond acceptors (Lipinski definition) is 2. The zero-order valence-corrected chi connectivity index (χ0v) is 7.25. The third-order valence-electron chi connectivity index (χ3n) is 2.16. The average molecular weight is 153 g/mol. The second-order valence-electron chi connectivity index (χ2n) is 3.18. The fourth-order valence-electron chi connectivity index (χ4n) is 1.33.